The first-order chi connectivity index (χ1) is 10.6. The molecule has 132 valence electrons. The number of aliphatic carboxylic acids is 1. The maximum absolute atomic E-state index is 12.0. The van der Waals surface area contributed by atoms with Gasteiger partial charge in [-0.05, 0) is 12.8 Å². The van der Waals surface area contributed by atoms with Crippen molar-refractivity contribution in [3.8, 4) is 0 Å². The SMILES string of the molecule is CC(NC(=O)C(N)CO)C(=O)NC(C(=O)NCC(=O)O)C(C)C. The number of hydrogen-bond donors (Lipinski definition) is 6. The lowest BCUT2D eigenvalue weighted by Gasteiger charge is -2.24. The lowest BCUT2D eigenvalue weighted by Crippen LogP contribution is -2.56. The van der Waals surface area contributed by atoms with Gasteiger partial charge in [0.05, 0.1) is 6.61 Å². The smallest absolute Gasteiger partial charge is 0.322 e. The molecule has 0 aromatic rings. The first kappa shape index (κ1) is 20.8. The number of rotatable bonds is 9. The molecule has 3 atom stereocenters. The molecule has 0 aliphatic heterocycles. The number of hydrogen-bond acceptors (Lipinski definition) is 6. The maximum Gasteiger partial charge on any atom is 0.322 e. The van der Waals surface area contributed by atoms with E-state index in [1.54, 1.807) is 13.8 Å². The van der Waals surface area contributed by atoms with Gasteiger partial charge in [0.25, 0.3) is 0 Å². The summed E-state index contributed by atoms with van der Waals surface area (Å²) in [5.41, 5.74) is 5.32. The number of carboxylic acid groups (broad SMARTS) is 1. The predicted octanol–water partition coefficient (Wildman–Crippen LogP) is -2.85. The molecule has 0 heterocycles. The second-order valence-electron chi connectivity index (χ2n) is 5.36. The van der Waals surface area contributed by atoms with Crippen LogP contribution >= 0.6 is 0 Å². The normalized spacial score (nSPS) is 14.5. The van der Waals surface area contributed by atoms with E-state index in [0.717, 1.165) is 0 Å². The van der Waals surface area contributed by atoms with Crippen LogP contribution in [0.4, 0.5) is 0 Å². The molecule has 0 aromatic carbocycles. The average Bonchev–Trinajstić information content (AvgIpc) is 2.48. The van der Waals surface area contributed by atoms with E-state index < -0.39 is 55.0 Å². The van der Waals surface area contributed by atoms with E-state index in [0.29, 0.717) is 0 Å². The van der Waals surface area contributed by atoms with Crippen molar-refractivity contribution in [1.29, 1.82) is 0 Å². The Morgan fingerprint density at radius 1 is 1.00 bits per heavy atom. The van der Waals surface area contributed by atoms with Crippen LogP contribution in [0.2, 0.25) is 0 Å². The summed E-state index contributed by atoms with van der Waals surface area (Å²) in [6.07, 6.45) is 0. The lowest BCUT2D eigenvalue weighted by atomic mass is 10.0. The maximum atomic E-state index is 12.0. The Morgan fingerprint density at radius 3 is 2.00 bits per heavy atom. The van der Waals surface area contributed by atoms with Crippen LogP contribution in [0.1, 0.15) is 20.8 Å². The summed E-state index contributed by atoms with van der Waals surface area (Å²) in [7, 11) is 0. The van der Waals surface area contributed by atoms with E-state index in [1.165, 1.54) is 6.92 Å². The Kier molecular flexibility index (Phi) is 8.81. The van der Waals surface area contributed by atoms with Crippen LogP contribution in [0.15, 0.2) is 0 Å². The van der Waals surface area contributed by atoms with Gasteiger partial charge < -0.3 is 31.9 Å². The zero-order valence-corrected chi connectivity index (χ0v) is 13.3. The van der Waals surface area contributed by atoms with Crippen LogP contribution in [0.3, 0.4) is 0 Å². The third-order valence-corrected chi connectivity index (χ3v) is 2.95. The van der Waals surface area contributed by atoms with Gasteiger partial charge in [0.1, 0.15) is 24.7 Å². The second kappa shape index (κ2) is 9.74. The third kappa shape index (κ3) is 7.56. The Balaban J connectivity index is 4.69. The van der Waals surface area contributed by atoms with Gasteiger partial charge >= 0.3 is 5.97 Å². The molecular weight excluding hydrogens is 308 g/mol. The van der Waals surface area contributed by atoms with E-state index >= 15 is 0 Å². The summed E-state index contributed by atoms with van der Waals surface area (Å²) < 4.78 is 0. The summed E-state index contributed by atoms with van der Waals surface area (Å²) in [4.78, 5) is 45.9. The Morgan fingerprint density at radius 2 is 1.57 bits per heavy atom. The molecule has 0 rings (SSSR count). The first-order valence-corrected chi connectivity index (χ1v) is 7.06. The molecular formula is C13H24N4O6. The number of aliphatic hydroxyl groups excluding tert-OH is 1. The molecule has 10 nitrogen and oxygen atoms in total. The molecule has 3 amide bonds. The first-order valence-electron chi connectivity index (χ1n) is 7.06. The van der Waals surface area contributed by atoms with Crippen LogP contribution in [0.25, 0.3) is 0 Å². The molecule has 0 bridgehead atoms. The molecule has 0 aliphatic rings. The highest BCUT2D eigenvalue weighted by Crippen LogP contribution is 2.02. The number of aliphatic hydroxyl groups is 1. The number of carbonyl (C=O) groups excluding carboxylic acids is 3. The van der Waals surface area contributed by atoms with E-state index in [2.05, 4.69) is 16.0 Å². The van der Waals surface area contributed by atoms with Crippen molar-refractivity contribution >= 4 is 23.7 Å². The largest absolute Gasteiger partial charge is 0.480 e. The highest BCUT2D eigenvalue weighted by Gasteiger charge is 2.27. The quantitative estimate of drug-likeness (QED) is 0.264. The fourth-order valence-electron chi connectivity index (χ4n) is 1.55. The summed E-state index contributed by atoms with van der Waals surface area (Å²) in [5.74, 6) is -3.47. The molecule has 0 spiro atoms. The Hall–Kier alpha value is -2.20. The van der Waals surface area contributed by atoms with Gasteiger partial charge in [-0.2, -0.15) is 0 Å². The van der Waals surface area contributed by atoms with E-state index in [4.69, 9.17) is 15.9 Å². The van der Waals surface area contributed by atoms with Gasteiger partial charge in [-0.15, -0.1) is 0 Å². The van der Waals surface area contributed by atoms with Gasteiger partial charge in [0, 0.05) is 0 Å². The zero-order chi connectivity index (χ0) is 18.2. The molecule has 0 aliphatic carbocycles. The standard InChI is InChI=1S/C13H24N4O6/c1-6(2)10(13(23)15-4-9(19)20)17-11(21)7(3)16-12(22)8(14)5-18/h6-8,10,18H,4-5,14H2,1-3H3,(H,15,23)(H,16,22)(H,17,21)(H,19,20). The molecule has 0 fully saturated rings. The molecule has 7 N–H and O–H groups in total. The molecule has 10 heteroatoms. The number of nitrogens with one attached hydrogen (secondary N) is 3. The average molecular weight is 332 g/mol. The van der Waals surface area contributed by atoms with Crippen LogP contribution < -0.4 is 21.7 Å². The second-order valence-corrected chi connectivity index (χ2v) is 5.36. The lowest BCUT2D eigenvalue weighted by molar-refractivity contribution is -0.139. The number of amides is 3. The summed E-state index contributed by atoms with van der Waals surface area (Å²) >= 11 is 0. The van der Waals surface area contributed by atoms with Crippen LogP contribution in [-0.4, -0.2) is 65.2 Å². The minimum Gasteiger partial charge on any atom is -0.480 e. The Bertz CT molecular complexity index is 454. The van der Waals surface area contributed by atoms with Crippen molar-refractivity contribution in [2.75, 3.05) is 13.2 Å². The number of carboxylic acids is 1. The molecule has 3 unspecified atom stereocenters. The summed E-state index contributed by atoms with van der Waals surface area (Å²) in [6, 6.07) is -3.08. The topological polar surface area (TPSA) is 171 Å². The van der Waals surface area contributed by atoms with Crippen LogP contribution in [0.5, 0.6) is 0 Å². The minimum absolute atomic E-state index is 0.296. The molecule has 0 saturated carbocycles. The molecule has 23 heavy (non-hydrogen) atoms. The van der Waals surface area contributed by atoms with Crippen molar-refractivity contribution in [3.05, 3.63) is 0 Å². The van der Waals surface area contributed by atoms with Gasteiger partial charge in [0.2, 0.25) is 17.7 Å². The molecule has 0 saturated heterocycles. The number of nitrogens with two attached hydrogens (primary N) is 1. The summed E-state index contributed by atoms with van der Waals surface area (Å²) in [6.45, 7) is 3.62. The van der Waals surface area contributed by atoms with E-state index in [9.17, 15) is 19.2 Å². The highest BCUT2D eigenvalue weighted by molar-refractivity contribution is 5.93. The van der Waals surface area contributed by atoms with Crippen molar-refractivity contribution in [1.82, 2.24) is 16.0 Å². The van der Waals surface area contributed by atoms with E-state index in [-0.39, 0.29) is 5.92 Å². The van der Waals surface area contributed by atoms with E-state index in [1.807, 2.05) is 0 Å². The van der Waals surface area contributed by atoms with Crippen LogP contribution in [-0.2, 0) is 19.2 Å². The van der Waals surface area contributed by atoms with Gasteiger partial charge in [-0.1, -0.05) is 13.8 Å². The monoisotopic (exact) mass is 332 g/mol. The summed E-state index contributed by atoms with van der Waals surface area (Å²) in [5, 5.41) is 24.2. The molecule has 0 radical (unpaired) electrons. The fourth-order valence-corrected chi connectivity index (χ4v) is 1.55. The number of carbonyl (C=O) groups is 4. The highest BCUT2D eigenvalue weighted by atomic mass is 16.4. The van der Waals surface area contributed by atoms with Crippen LogP contribution in [0, 0.1) is 5.92 Å². The van der Waals surface area contributed by atoms with Crippen molar-refractivity contribution in [2.24, 2.45) is 11.7 Å². The van der Waals surface area contributed by atoms with Crippen molar-refractivity contribution < 1.29 is 29.4 Å². The third-order valence-electron chi connectivity index (χ3n) is 2.95. The fraction of sp³-hybridized carbons (Fsp3) is 0.692. The zero-order valence-electron chi connectivity index (χ0n) is 13.3. The van der Waals surface area contributed by atoms with Crippen molar-refractivity contribution in [2.45, 2.75) is 38.9 Å². The molecule has 0 aromatic heterocycles. The van der Waals surface area contributed by atoms with Crippen molar-refractivity contribution in [3.63, 3.8) is 0 Å². The Labute approximate surface area is 133 Å². The van der Waals surface area contributed by atoms with Gasteiger partial charge in [-0.3, -0.25) is 19.2 Å². The van der Waals surface area contributed by atoms with Gasteiger partial charge in [0.15, 0.2) is 0 Å². The predicted molar refractivity (Wildman–Crippen MR) is 80.1 cm³/mol. The minimum atomic E-state index is -1.20. The van der Waals surface area contributed by atoms with Gasteiger partial charge in [-0.25, -0.2) is 0 Å².